The zero-order chi connectivity index (χ0) is 15.9. The number of rotatable bonds is 6. The number of hydrogen-bond donors (Lipinski definition) is 2. The van der Waals surface area contributed by atoms with Gasteiger partial charge in [-0.2, -0.15) is 10.1 Å². The van der Waals surface area contributed by atoms with E-state index in [2.05, 4.69) is 57.0 Å². The SMILES string of the molecule is CC(Nc1nncc(NCc2ccccc2)n1)c1ccccc1. The molecule has 0 spiro atoms. The average molecular weight is 305 g/mol. The lowest BCUT2D eigenvalue weighted by Crippen LogP contribution is -2.11. The van der Waals surface area contributed by atoms with Crippen LogP contribution < -0.4 is 10.6 Å². The second kappa shape index (κ2) is 7.35. The van der Waals surface area contributed by atoms with Crippen molar-refractivity contribution in [3.05, 3.63) is 78.0 Å². The first-order valence-corrected chi connectivity index (χ1v) is 7.60. The Balaban J connectivity index is 1.63. The number of aromatic nitrogens is 3. The van der Waals surface area contributed by atoms with Gasteiger partial charge in [0.05, 0.1) is 12.2 Å². The van der Waals surface area contributed by atoms with Gasteiger partial charge in [0, 0.05) is 6.54 Å². The molecule has 5 heteroatoms. The second-order valence-corrected chi connectivity index (χ2v) is 5.28. The minimum Gasteiger partial charge on any atom is -0.365 e. The van der Waals surface area contributed by atoms with Gasteiger partial charge in [-0.1, -0.05) is 60.7 Å². The first-order valence-electron chi connectivity index (χ1n) is 7.60. The molecular weight excluding hydrogens is 286 g/mol. The van der Waals surface area contributed by atoms with Gasteiger partial charge < -0.3 is 10.6 Å². The molecule has 0 aliphatic carbocycles. The Morgan fingerprint density at radius 2 is 1.65 bits per heavy atom. The van der Waals surface area contributed by atoms with Crippen molar-refractivity contribution in [3.8, 4) is 0 Å². The van der Waals surface area contributed by atoms with Gasteiger partial charge in [-0.05, 0) is 18.1 Å². The summed E-state index contributed by atoms with van der Waals surface area (Å²) in [5.41, 5.74) is 2.37. The molecule has 0 saturated carbocycles. The minimum atomic E-state index is 0.113. The molecule has 1 aromatic heterocycles. The summed E-state index contributed by atoms with van der Waals surface area (Å²) in [5.74, 6) is 1.21. The van der Waals surface area contributed by atoms with E-state index in [4.69, 9.17) is 0 Å². The van der Waals surface area contributed by atoms with Gasteiger partial charge in [0.25, 0.3) is 0 Å². The molecule has 1 unspecified atom stereocenters. The highest BCUT2D eigenvalue weighted by Gasteiger charge is 2.07. The molecule has 2 N–H and O–H groups in total. The van der Waals surface area contributed by atoms with Crippen LogP contribution in [0.4, 0.5) is 11.8 Å². The number of hydrogen-bond acceptors (Lipinski definition) is 5. The van der Waals surface area contributed by atoms with Crippen molar-refractivity contribution >= 4 is 11.8 Å². The van der Waals surface area contributed by atoms with Crippen LogP contribution in [0.25, 0.3) is 0 Å². The zero-order valence-electron chi connectivity index (χ0n) is 13.0. The maximum Gasteiger partial charge on any atom is 0.245 e. The monoisotopic (exact) mass is 305 g/mol. The van der Waals surface area contributed by atoms with Gasteiger partial charge in [-0.15, -0.1) is 5.10 Å². The Hall–Kier alpha value is -2.95. The van der Waals surface area contributed by atoms with Gasteiger partial charge in [-0.3, -0.25) is 0 Å². The fraction of sp³-hybridized carbons (Fsp3) is 0.167. The Morgan fingerprint density at radius 3 is 2.39 bits per heavy atom. The van der Waals surface area contributed by atoms with E-state index in [0.29, 0.717) is 18.3 Å². The first kappa shape index (κ1) is 15.0. The highest BCUT2D eigenvalue weighted by Crippen LogP contribution is 2.16. The molecular formula is C18H19N5. The van der Waals surface area contributed by atoms with Crippen molar-refractivity contribution in [2.75, 3.05) is 10.6 Å². The van der Waals surface area contributed by atoms with Crippen LogP contribution >= 0.6 is 0 Å². The van der Waals surface area contributed by atoms with Crippen LogP contribution in [0.15, 0.2) is 66.9 Å². The predicted molar refractivity (Wildman–Crippen MR) is 92.1 cm³/mol. The third-order valence-corrected chi connectivity index (χ3v) is 3.52. The van der Waals surface area contributed by atoms with Crippen molar-refractivity contribution in [2.45, 2.75) is 19.5 Å². The maximum absolute atomic E-state index is 4.46. The van der Waals surface area contributed by atoms with Crippen LogP contribution in [0, 0.1) is 0 Å². The van der Waals surface area contributed by atoms with Gasteiger partial charge in [-0.25, -0.2) is 0 Å². The number of nitrogens with zero attached hydrogens (tertiary/aromatic N) is 3. The van der Waals surface area contributed by atoms with E-state index >= 15 is 0 Å². The van der Waals surface area contributed by atoms with Crippen molar-refractivity contribution in [2.24, 2.45) is 0 Å². The molecule has 3 rings (SSSR count). The Bertz CT molecular complexity index is 731. The van der Waals surface area contributed by atoms with Crippen molar-refractivity contribution in [1.29, 1.82) is 0 Å². The molecule has 0 saturated heterocycles. The maximum atomic E-state index is 4.46. The van der Waals surface area contributed by atoms with E-state index < -0.39 is 0 Å². The van der Waals surface area contributed by atoms with Gasteiger partial charge >= 0.3 is 0 Å². The average Bonchev–Trinajstić information content (AvgIpc) is 2.62. The van der Waals surface area contributed by atoms with E-state index in [1.54, 1.807) is 6.20 Å². The van der Waals surface area contributed by atoms with E-state index in [1.807, 2.05) is 36.4 Å². The highest BCUT2D eigenvalue weighted by atomic mass is 15.3. The van der Waals surface area contributed by atoms with Crippen LogP contribution in [0.2, 0.25) is 0 Å². The largest absolute Gasteiger partial charge is 0.365 e. The molecule has 1 atom stereocenters. The summed E-state index contributed by atoms with van der Waals surface area (Å²) in [6.07, 6.45) is 1.63. The van der Waals surface area contributed by atoms with Crippen LogP contribution in [-0.4, -0.2) is 15.2 Å². The molecule has 1 heterocycles. The molecule has 0 amide bonds. The van der Waals surface area contributed by atoms with Crippen molar-refractivity contribution in [1.82, 2.24) is 15.2 Å². The minimum absolute atomic E-state index is 0.113. The molecule has 0 aliphatic heterocycles. The lowest BCUT2D eigenvalue weighted by molar-refractivity contribution is 0.839. The third kappa shape index (κ3) is 4.26. The lowest BCUT2D eigenvalue weighted by atomic mass is 10.1. The summed E-state index contributed by atoms with van der Waals surface area (Å²) in [5, 5.41) is 14.6. The summed E-state index contributed by atoms with van der Waals surface area (Å²) in [4.78, 5) is 4.46. The van der Waals surface area contributed by atoms with Gasteiger partial charge in [0.2, 0.25) is 5.95 Å². The summed E-state index contributed by atoms with van der Waals surface area (Å²) in [6, 6.07) is 20.5. The van der Waals surface area contributed by atoms with Gasteiger partial charge in [0.15, 0.2) is 5.82 Å². The normalized spacial score (nSPS) is 11.7. The topological polar surface area (TPSA) is 62.7 Å². The Morgan fingerprint density at radius 1 is 0.957 bits per heavy atom. The lowest BCUT2D eigenvalue weighted by Gasteiger charge is -2.14. The number of anilines is 2. The summed E-state index contributed by atoms with van der Waals surface area (Å²) >= 11 is 0. The molecule has 3 aromatic rings. The third-order valence-electron chi connectivity index (χ3n) is 3.52. The van der Waals surface area contributed by atoms with Crippen LogP contribution in [-0.2, 0) is 6.54 Å². The number of benzene rings is 2. The van der Waals surface area contributed by atoms with Gasteiger partial charge in [0.1, 0.15) is 0 Å². The Labute approximate surface area is 135 Å². The molecule has 0 bridgehead atoms. The van der Waals surface area contributed by atoms with Crippen LogP contribution in [0.1, 0.15) is 24.1 Å². The van der Waals surface area contributed by atoms with E-state index in [-0.39, 0.29) is 6.04 Å². The Kier molecular flexibility index (Phi) is 4.79. The second-order valence-electron chi connectivity index (χ2n) is 5.28. The van der Waals surface area contributed by atoms with E-state index in [1.165, 1.54) is 11.1 Å². The summed E-state index contributed by atoms with van der Waals surface area (Å²) in [6.45, 7) is 2.77. The van der Waals surface area contributed by atoms with Crippen molar-refractivity contribution in [3.63, 3.8) is 0 Å². The zero-order valence-corrected chi connectivity index (χ0v) is 13.0. The van der Waals surface area contributed by atoms with Crippen LogP contribution in [0.5, 0.6) is 0 Å². The molecule has 23 heavy (non-hydrogen) atoms. The van der Waals surface area contributed by atoms with Crippen LogP contribution in [0.3, 0.4) is 0 Å². The smallest absolute Gasteiger partial charge is 0.245 e. The van der Waals surface area contributed by atoms with E-state index in [0.717, 1.165) is 0 Å². The molecule has 0 aliphatic rings. The number of nitrogens with one attached hydrogen (secondary N) is 2. The quantitative estimate of drug-likeness (QED) is 0.727. The summed E-state index contributed by atoms with van der Waals surface area (Å²) < 4.78 is 0. The molecule has 5 nitrogen and oxygen atoms in total. The first-order chi connectivity index (χ1) is 11.3. The molecule has 0 radical (unpaired) electrons. The summed E-state index contributed by atoms with van der Waals surface area (Å²) in [7, 11) is 0. The van der Waals surface area contributed by atoms with E-state index in [9.17, 15) is 0 Å². The predicted octanol–water partition coefficient (Wildman–Crippen LogP) is 3.66. The highest BCUT2D eigenvalue weighted by molar-refractivity contribution is 5.39. The standard InChI is InChI=1S/C18H19N5/c1-14(16-10-6-3-7-11-16)21-18-22-17(13-20-23-18)19-12-15-8-4-2-5-9-15/h2-11,13-14H,12H2,1H3,(H2,19,21,22,23). The molecule has 2 aromatic carbocycles. The molecule has 0 fully saturated rings. The van der Waals surface area contributed by atoms with Crippen molar-refractivity contribution < 1.29 is 0 Å². The fourth-order valence-electron chi connectivity index (χ4n) is 2.26. The molecule has 116 valence electrons. The fourth-order valence-corrected chi connectivity index (χ4v) is 2.26.